The van der Waals surface area contributed by atoms with Gasteiger partial charge in [0.25, 0.3) is 17.7 Å². The van der Waals surface area contributed by atoms with Gasteiger partial charge < -0.3 is 29.5 Å². The van der Waals surface area contributed by atoms with Crippen molar-refractivity contribution >= 4 is 41.1 Å². The van der Waals surface area contributed by atoms with Gasteiger partial charge in [-0.2, -0.15) is 5.10 Å². The predicted octanol–water partition coefficient (Wildman–Crippen LogP) is 6.36. The lowest BCUT2D eigenvalue weighted by Crippen LogP contribution is -2.54. The number of aromatic nitrogens is 2. The van der Waals surface area contributed by atoms with Crippen LogP contribution in [0.4, 0.5) is 0 Å². The van der Waals surface area contributed by atoms with E-state index in [0.29, 0.717) is 18.2 Å². The highest BCUT2D eigenvalue weighted by Gasteiger charge is 2.46. The van der Waals surface area contributed by atoms with Crippen LogP contribution in [0.5, 0.6) is 17.2 Å². The molecule has 15 nitrogen and oxygen atoms in total. The van der Waals surface area contributed by atoms with Gasteiger partial charge in [-0.15, -0.1) is 0 Å². The Morgan fingerprint density at radius 1 is 0.896 bits per heavy atom. The number of halogens is 1. The number of phenolic OH excluding ortho intramolecular Hbond substituents is 1. The van der Waals surface area contributed by atoms with Crippen molar-refractivity contribution in [3.05, 3.63) is 117 Å². The first-order chi connectivity index (χ1) is 32.3. The molecule has 4 heterocycles. The molecule has 4 aromatic carbocycles. The van der Waals surface area contributed by atoms with E-state index in [0.717, 1.165) is 102 Å². The lowest BCUT2D eigenvalue weighted by atomic mass is 9.90. The van der Waals surface area contributed by atoms with E-state index in [1.54, 1.807) is 4.68 Å². The van der Waals surface area contributed by atoms with Crippen molar-refractivity contribution in [1.29, 1.82) is 0 Å². The standard InChI is InChI=1S/C51H55ClN6O9/c1-31-28-35(13-17-40(31)52)46-34(12-16-38(48(46)61)42-29-32(2)55-56(42)3)11-8-33-9-14-36(15-10-33)67-37-20-24-57(25-21-37)23-5-26-65-27-22-53-45(60)30-66-43-7-4-6-39-47(43)51(64)58(50(39)63)41-18-19-44(59)54-49(41)62/h4,6-7,9-10,12-17,28-29,37,41,61H,5,8,11,18-27,30H2,1-3H3,(H,53,60)(H,54,59,62). The highest BCUT2D eigenvalue weighted by molar-refractivity contribution is 6.31. The van der Waals surface area contributed by atoms with E-state index in [4.69, 9.17) is 25.8 Å². The number of hydrogen-bond acceptors (Lipinski definition) is 11. The van der Waals surface area contributed by atoms with Gasteiger partial charge in [0, 0.05) is 62.4 Å². The second-order valence-corrected chi connectivity index (χ2v) is 17.7. The third-order valence-electron chi connectivity index (χ3n) is 12.6. The molecule has 16 heteroatoms. The van der Waals surface area contributed by atoms with Crippen molar-refractivity contribution in [1.82, 2.24) is 30.2 Å². The van der Waals surface area contributed by atoms with Crippen LogP contribution < -0.4 is 20.1 Å². The molecule has 3 aliphatic heterocycles. The van der Waals surface area contributed by atoms with Gasteiger partial charge >= 0.3 is 0 Å². The summed E-state index contributed by atoms with van der Waals surface area (Å²) in [5.74, 6) is -1.78. The van der Waals surface area contributed by atoms with Crippen molar-refractivity contribution in [2.45, 2.75) is 70.9 Å². The fourth-order valence-corrected chi connectivity index (χ4v) is 9.16. The molecule has 0 spiro atoms. The first-order valence-electron chi connectivity index (χ1n) is 22.8. The average molecular weight is 931 g/mol. The Bertz CT molecular complexity index is 2680. The first-order valence-corrected chi connectivity index (χ1v) is 23.1. The number of aryl methyl sites for hydroxylation is 5. The van der Waals surface area contributed by atoms with E-state index in [-0.39, 0.29) is 54.7 Å². The largest absolute Gasteiger partial charge is 0.507 e. The van der Waals surface area contributed by atoms with Gasteiger partial charge in [-0.05, 0) is 123 Å². The molecular weight excluding hydrogens is 876 g/mol. The Kier molecular flexibility index (Phi) is 14.7. The van der Waals surface area contributed by atoms with Crippen LogP contribution in [-0.2, 0) is 39.0 Å². The fourth-order valence-electron chi connectivity index (χ4n) is 9.04. The zero-order valence-electron chi connectivity index (χ0n) is 37.9. The Morgan fingerprint density at radius 3 is 2.42 bits per heavy atom. The molecule has 3 N–H and O–H groups in total. The summed E-state index contributed by atoms with van der Waals surface area (Å²) >= 11 is 6.39. The molecule has 2 fully saturated rings. The zero-order chi connectivity index (χ0) is 47.2. The highest BCUT2D eigenvalue weighted by Crippen LogP contribution is 2.42. The van der Waals surface area contributed by atoms with Gasteiger partial charge in [-0.1, -0.05) is 41.9 Å². The summed E-state index contributed by atoms with van der Waals surface area (Å²) in [7, 11) is 1.88. The highest BCUT2D eigenvalue weighted by atomic mass is 35.5. The average Bonchev–Trinajstić information content (AvgIpc) is 3.78. The van der Waals surface area contributed by atoms with Gasteiger partial charge in [0.2, 0.25) is 11.8 Å². The smallest absolute Gasteiger partial charge is 0.266 e. The molecule has 0 aliphatic carbocycles. The van der Waals surface area contributed by atoms with Crippen LogP contribution in [0.15, 0.2) is 78.9 Å². The summed E-state index contributed by atoms with van der Waals surface area (Å²) in [5, 5.41) is 21.8. The summed E-state index contributed by atoms with van der Waals surface area (Å²) < 4.78 is 19.6. The molecule has 1 unspecified atom stereocenters. The number of rotatable bonds is 18. The minimum Gasteiger partial charge on any atom is -0.507 e. The molecule has 2 saturated heterocycles. The Hall–Kier alpha value is -6.55. The van der Waals surface area contributed by atoms with E-state index in [9.17, 15) is 29.1 Å². The lowest BCUT2D eigenvalue weighted by molar-refractivity contribution is -0.136. The monoisotopic (exact) mass is 930 g/mol. The number of amides is 5. The first kappa shape index (κ1) is 47.0. The van der Waals surface area contributed by atoms with Crippen LogP contribution in [0.25, 0.3) is 22.4 Å². The minimum absolute atomic E-state index is 0.0118. The van der Waals surface area contributed by atoms with Crippen molar-refractivity contribution < 1.29 is 43.3 Å². The van der Waals surface area contributed by atoms with Crippen LogP contribution in [0.1, 0.15) is 75.2 Å². The summed E-state index contributed by atoms with van der Waals surface area (Å²) in [4.78, 5) is 66.1. The second-order valence-electron chi connectivity index (χ2n) is 17.3. The molecule has 5 amide bonds. The normalized spacial score (nSPS) is 16.6. The number of aromatic hydroxyl groups is 1. The van der Waals surface area contributed by atoms with E-state index < -0.39 is 35.6 Å². The van der Waals surface area contributed by atoms with Crippen molar-refractivity contribution in [2.24, 2.45) is 7.05 Å². The van der Waals surface area contributed by atoms with Crippen LogP contribution >= 0.6 is 11.6 Å². The van der Waals surface area contributed by atoms with Crippen LogP contribution in [0, 0.1) is 13.8 Å². The number of imide groups is 2. The maximum atomic E-state index is 13.3. The van der Waals surface area contributed by atoms with Crippen LogP contribution in [-0.4, -0.2) is 112 Å². The number of phenols is 1. The number of piperidine rings is 2. The van der Waals surface area contributed by atoms with E-state index in [2.05, 4.69) is 38.8 Å². The van der Waals surface area contributed by atoms with Gasteiger partial charge in [0.1, 0.15) is 29.4 Å². The molecule has 3 aliphatic rings. The molecular formula is C51H55ClN6O9. The molecule has 1 atom stereocenters. The van der Waals surface area contributed by atoms with Crippen LogP contribution in [0.3, 0.4) is 0 Å². The minimum atomic E-state index is -1.10. The Morgan fingerprint density at radius 2 is 1.69 bits per heavy atom. The van der Waals surface area contributed by atoms with Crippen molar-refractivity contribution in [3.63, 3.8) is 0 Å². The molecule has 0 saturated carbocycles. The molecule has 1 aromatic heterocycles. The SMILES string of the molecule is Cc1cc(-c2ccc(CCc3ccc(OC4CCN(CCCOCCNC(=O)COc5cccc6c5C(=O)N(C5CCC(=O)NC5=O)C6=O)CC4)cc3)c(-c3ccc(Cl)c(C)c3)c2O)n(C)n1. The second kappa shape index (κ2) is 21.0. The number of benzene rings is 4. The van der Waals surface area contributed by atoms with E-state index in [1.807, 2.05) is 63.4 Å². The van der Waals surface area contributed by atoms with E-state index in [1.165, 1.54) is 23.8 Å². The molecule has 67 heavy (non-hydrogen) atoms. The maximum absolute atomic E-state index is 13.3. The topological polar surface area (TPSA) is 182 Å². The zero-order valence-corrected chi connectivity index (χ0v) is 38.7. The summed E-state index contributed by atoms with van der Waals surface area (Å²) in [5.41, 5.74) is 7.43. The van der Waals surface area contributed by atoms with Crippen LogP contribution in [0.2, 0.25) is 5.02 Å². The Labute approximate surface area is 394 Å². The number of carbonyl (C=O) groups is 5. The number of carbonyl (C=O) groups excluding carboxylic acids is 5. The summed E-state index contributed by atoms with van der Waals surface area (Å²) in [6.45, 7) is 7.43. The number of likely N-dealkylation sites (tertiary alicyclic amines) is 1. The molecule has 0 bridgehead atoms. The van der Waals surface area contributed by atoms with Crippen molar-refractivity contribution in [3.8, 4) is 39.6 Å². The number of fused-ring (bicyclic) bond motifs is 1. The predicted molar refractivity (Wildman–Crippen MR) is 251 cm³/mol. The lowest BCUT2D eigenvalue weighted by Gasteiger charge is -2.32. The number of hydrogen-bond donors (Lipinski definition) is 3. The molecule has 5 aromatic rings. The van der Waals surface area contributed by atoms with Gasteiger partial charge in [-0.3, -0.25) is 38.9 Å². The van der Waals surface area contributed by atoms with Gasteiger partial charge in [-0.25, -0.2) is 0 Å². The Balaban J connectivity index is 0.721. The van der Waals surface area contributed by atoms with Crippen molar-refractivity contribution in [2.75, 3.05) is 46.0 Å². The third-order valence-corrected chi connectivity index (χ3v) is 13.0. The number of ether oxygens (including phenoxy) is 3. The number of nitrogens with zero attached hydrogens (tertiary/aromatic N) is 4. The van der Waals surface area contributed by atoms with Gasteiger partial charge in [0.05, 0.1) is 29.1 Å². The van der Waals surface area contributed by atoms with E-state index >= 15 is 0 Å². The number of nitrogens with one attached hydrogen (secondary N) is 2. The van der Waals surface area contributed by atoms with Gasteiger partial charge in [0.15, 0.2) is 6.61 Å². The maximum Gasteiger partial charge on any atom is 0.266 e. The molecule has 0 radical (unpaired) electrons. The summed E-state index contributed by atoms with van der Waals surface area (Å²) in [6.07, 6.45) is 4.42. The third kappa shape index (κ3) is 10.9. The molecule has 350 valence electrons. The summed E-state index contributed by atoms with van der Waals surface area (Å²) in [6, 6.07) is 23.7. The fraction of sp³-hybridized carbons (Fsp3) is 0.373. The quantitative estimate of drug-likeness (QED) is 0.0657. The molecule has 8 rings (SSSR count).